The third-order valence-electron chi connectivity index (χ3n) is 11.5. The summed E-state index contributed by atoms with van der Waals surface area (Å²) in [5.41, 5.74) is 16.6. The number of fused-ring (bicyclic) bond motifs is 4. The lowest BCUT2D eigenvalue weighted by atomic mass is 9.67. The molecule has 9 aromatic carbocycles. The summed E-state index contributed by atoms with van der Waals surface area (Å²) >= 11 is 0. The van der Waals surface area contributed by atoms with Crippen LogP contribution in [-0.2, 0) is 5.41 Å². The summed E-state index contributed by atoms with van der Waals surface area (Å²) in [4.78, 5) is 2.48. The third-order valence-corrected chi connectivity index (χ3v) is 11.5. The average molecular weight is 702 g/mol. The Morgan fingerprint density at radius 2 is 0.855 bits per heavy atom. The normalized spacial score (nSPS) is 12.6. The van der Waals surface area contributed by atoms with Crippen molar-refractivity contribution in [1.82, 2.24) is 0 Å². The topological polar surface area (TPSA) is 3.24 Å². The Hall–Kier alpha value is -6.96. The minimum atomic E-state index is -0.504. The van der Waals surface area contributed by atoms with Gasteiger partial charge in [-0.2, -0.15) is 0 Å². The molecular formula is C54H39N. The van der Waals surface area contributed by atoms with Gasteiger partial charge in [-0.15, -0.1) is 0 Å². The zero-order valence-electron chi connectivity index (χ0n) is 30.7. The summed E-state index contributed by atoms with van der Waals surface area (Å²) in [5, 5.41) is 2.43. The van der Waals surface area contributed by atoms with E-state index in [4.69, 9.17) is 0 Å². The second-order valence-electron chi connectivity index (χ2n) is 14.5. The van der Waals surface area contributed by atoms with Crippen LogP contribution < -0.4 is 4.90 Å². The Balaban J connectivity index is 1.27. The summed E-state index contributed by atoms with van der Waals surface area (Å²) in [6.45, 7) is 2.22. The van der Waals surface area contributed by atoms with Gasteiger partial charge in [-0.25, -0.2) is 0 Å². The molecule has 0 N–H and O–H groups in total. The van der Waals surface area contributed by atoms with Crippen molar-refractivity contribution in [3.8, 4) is 33.4 Å². The lowest BCUT2D eigenvalue weighted by Crippen LogP contribution is -2.28. The van der Waals surface area contributed by atoms with Gasteiger partial charge in [-0.3, -0.25) is 0 Å². The van der Waals surface area contributed by atoms with Crippen molar-refractivity contribution >= 4 is 27.8 Å². The highest BCUT2D eigenvalue weighted by atomic mass is 15.1. The van der Waals surface area contributed by atoms with Gasteiger partial charge in [0.2, 0.25) is 0 Å². The molecule has 1 nitrogen and oxygen atoms in total. The zero-order chi connectivity index (χ0) is 36.8. The maximum atomic E-state index is 2.48. The van der Waals surface area contributed by atoms with E-state index < -0.39 is 5.41 Å². The summed E-state index contributed by atoms with van der Waals surface area (Å²) in [6, 6.07) is 80.2. The molecule has 1 aliphatic rings. The SMILES string of the molecule is Cc1ccccc1-c1cc2ccccc2cc1N(c1ccc(-c2ccccc2)cc1)c1ccc2c(c1)C(c1ccccc1)(c1ccccc1)c1ccccc1-2. The van der Waals surface area contributed by atoms with Crippen molar-refractivity contribution in [3.63, 3.8) is 0 Å². The van der Waals surface area contributed by atoms with Gasteiger partial charge in [0.15, 0.2) is 0 Å². The molecule has 0 heterocycles. The predicted molar refractivity (Wildman–Crippen MR) is 232 cm³/mol. The molecule has 0 spiro atoms. The van der Waals surface area contributed by atoms with Crippen molar-refractivity contribution in [2.75, 3.05) is 4.90 Å². The Morgan fingerprint density at radius 1 is 0.345 bits per heavy atom. The predicted octanol–water partition coefficient (Wildman–Crippen LogP) is 14.3. The van der Waals surface area contributed by atoms with Gasteiger partial charge in [-0.05, 0) is 110 Å². The van der Waals surface area contributed by atoms with E-state index in [0.717, 1.165) is 17.1 Å². The van der Waals surface area contributed by atoms with E-state index in [-0.39, 0.29) is 0 Å². The molecule has 0 unspecified atom stereocenters. The van der Waals surface area contributed by atoms with Gasteiger partial charge in [0.05, 0.1) is 11.1 Å². The number of anilines is 3. The standard InChI is InChI=1S/C54H39N/c1-38-17-11-14-26-47(38)50-35-41-20-12-13-21-42(41)36-53(50)55(45-31-29-40(30-32-45)39-18-5-2-6-19-39)46-33-34-49-48-27-15-16-28-51(48)54(52(49)37-46,43-22-7-3-8-23-43)44-24-9-4-10-25-44/h2-37H,1H3. The highest BCUT2D eigenvalue weighted by molar-refractivity contribution is 5.99. The van der Waals surface area contributed by atoms with Crippen LogP contribution in [0.2, 0.25) is 0 Å². The molecule has 1 heteroatoms. The van der Waals surface area contributed by atoms with Crippen LogP contribution in [0, 0.1) is 6.92 Å². The molecule has 0 bridgehead atoms. The van der Waals surface area contributed by atoms with Gasteiger partial charge in [-0.1, -0.05) is 182 Å². The number of benzene rings is 9. The van der Waals surface area contributed by atoms with Crippen molar-refractivity contribution in [1.29, 1.82) is 0 Å². The molecule has 0 amide bonds. The molecule has 260 valence electrons. The fourth-order valence-corrected chi connectivity index (χ4v) is 8.94. The van der Waals surface area contributed by atoms with Crippen molar-refractivity contribution < 1.29 is 0 Å². The molecular weight excluding hydrogens is 663 g/mol. The van der Waals surface area contributed by atoms with Crippen LogP contribution in [-0.4, -0.2) is 0 Å². The number of rotatable bonds is 7. The molecule has 0 saturated carbocycles. The number of nitrogens with zero attached hydrogens (tertiary/aromatic N) is 1. The van der Waals surface area contributed by atoms with E-state index in [9.17, 15) is 0 Å². The quantitative estimate of drug-likeness (QED) is 0.160. The van der Waals surface area contributed by atoms with E-state index in [1.165, 1.54) is 72.0 Å². The van der Waals surface area contributed by atoms with Crippen LogP contribution in [0.25, 0.3) is 44.2 Å². The maximum Gasteiger partial charge on any atom is 0.0714 e. The van der Waals surface area contributed by atoms with E-state index in [1.54, 1.807) is 0 Å². The fraction of sp³-hybridized carbons (Fsp3) is 0.0370. The van der Waals surface area contributed by atoms with Crippen molar-refractivity contribution in [2.45, 2.75) is 12.3 Å². The first-order valence-electron chi connectivity index (χ1n) is 19.1. The molecule has 1 aliphatic carbocycles. The van der Waals surface area contributed by atoms with Crippen LogP contribution in [0.3, 0.4) is 0 Å². The molecule has 0 aliphatic heterocycles. The Bertz CT molecular complexity index is 2760. The lowest BCUT2D eigenvalue weighted by molar-refractivity contribution is 0.768. The Kier molecular flexibility index (Phi) is 8.00. The molecule has 10 rings (SSSR count). The first kappa shape index (κ1) is 32.7. The van der Waals surface area contributed by atoms with Gasteiger partial charge in [0, 0.05) is 16.9 Å². The maximum absolute atomic E-state index is 2.48. The number of hydrogen-bond acceptors (Lipinski definition) is 1. The smallest absolute Gasteiger partial charge is 0.0714 e. The average Bonchev–Trinajstić information content (AvgIpc) is 3.55. The molecule has 0 radical (unpaired) electrons. The number of aryl methyl sites for hydroxylation is 1. The first-order chi connectivity index (χ1) is 27.2. The van der Waals surface area contributed by atoms with Gasteiger partial charge in [0.25, 0.3) is 0 Å². The van der Waals surface area contributed by atoms with Crippen molar-refractivity contribution in [3.05, 3.63) is 246 Å². The van der Waals surface area contributed by atoms with E-state index in [1.807, 2.05) is 0 Å². The second kappa shape index (κ2) is 13.5. The molecule has 0 atom stereocenters. The highest BCUT2D eigenvalue weighted by Crippen LogP contribution is 2.57. The fourth-order valence-electron chi connectivity index (χ4n) is 8.94. The molecule has 55 heavy (non-hydrogen) atoms. The summed E-state index contributed by atoms with van der Waals surface area (Å²) < 4.78 is 0. The number of hydrogen-bond donors (Lipinski definition) is 0. The van der Waals surface area contributed by atoms with Gasteiger partial charge >= 0.3 is 0 Å². The van der Waals surface area contributed by atoms with Crippen LogP contribution >= 0.6 is 0 Å². The van der Waals surface area contributed by atoms with E-state index in [2.05, 4.69) is 230 Å². The molecule has 0 fully saturated rings. The summed E-state index contributed by atoms with van der Waals surface area (Å²) in [5.74, 6) is 0. The van der Waals surface area contributed by atoms with E-state index >= 15 is 0 Å². The van der Waals surface area contributed by atoms with Gasteiger partial charge in [0.1, 0.15) is 0 Å². The monoisotopic (exact) mass is 701 g/mol. The zero-order valence-corrected chi connectivity index (χ0v) is 30.7. The third kappa shape index (κ3) is 5.39. The molecule has 9 aromatic rings. The second-order valence-corrected chi connectivity index (χ2v) is 14.5. The van der Waals surface area contributed by atoms with Gasteiger partial charge < -0.3 is 4.90 Å². The van der Waals surface area contributed by atoms with Crippen molar-refractivity contribution in [2.24, 2.45) is 0 Å². The summed E-state index contributed by atoms with van der Waals surface area (Å²) in [6.07, 6.45) is 0. The Morgan fingerprint density at radius 3 is 1.53 bits per heavy atom. The highest BCUT2D eigenvalue weighted by Gasteiger charge is 2.46. The molecule has 0 saturated heterocycles. The summed E-state index contributed by atoms with van der Waals surface area (Å²) in [7, 11) is 0. The van der Waals surface area contributed by atoms with Crippen LogP contribution in [0.5, 0.6) is 0 Å². The van der Waals surface area contributed by atoms with E-state index in [0.29, 0.717) is 0 Å². The van der Waals surface area contributed by atoms with Crippen LogP contribution in [0.4, 0.5) is 17.1 Å². The van der Waals surface area contributed by atoms with Crippen LogP contribution in [0.15, 0.2) is 218 Å². The Labute approximate surface area is 323 Å². The first-order valence-corrected chi connectivity index (χ1v) is 19.1. The lowest BCUT2D eigenvalue weighted by Gasteiger charge is -2.35. The largest absolute Gasteiger partial charge is 0.310 e. The van der Waals surface area contributed by atoms with Crippen LogP contribution in [0.1, 0.15) is 27.8 Å². The minimum absolute atomic E-state index is 0.504. The molecule has 0 aromatic heterocycles. The minimum Gasteiger partial charge on any atom is -0.310 e.